The molecule has 3 aromatic rings. The lowest BCUT2D eigenvalue weighted by Crippen LogP contribution is -2.70. The first-order valence-corrected chi connectivity index (χ1v) is 13.5. The Morgan fingerprint density at radius 1 is 1.17 bits per heavy atom. The molecule has 8 rings (SSSR count). The van der Waals surface area contributed by atoms with Crippen molar-refractivity contribution in [2.24, 2.45) is 11.3 Å². The van der Waals surface area contributed by atoms with E-state index in [0.717, 1.165) is 0 Å². The van der Waals surface area contributed by atoms with Gasteiger partial charge in [0.1, 0.15) is 12.2 Å². The van der Waals surface area contributed by atoms with Crippen LogP contribution in [0.1, 0.15) is 67.3 Å². The summed E-state index contributed by atoms with van der Waals surface area (Å²) >= 11 is 0. The van der Waals surface area contributed by atoms with Gasteiger partial charge >= 0.3 is 18.4 Å². The number of carbonyl (C=O) groups is 1. The molecule has 0 saturated heterocycles. The maximum atomic E-state index is 14.1. The normalized spacial score (nSPS) is 27.4. The molecule has 1 N–H and O–H groups in total. The van der Waals surface area contributed by atoms with Crippen LogP contribution in [0.3, 0.4) is 0 Å². The summed E-state index contributed by atoms with van der Waals surface area (Å²) in [6.45, 7) is 1.65. The van der Waals surface area contributed by atoms with Gasteiger partial charge in [0.2, 0.25) is 5.88 Å². The molecule has 2 aromatic heterocycles. The van der Waals surface area contributed by atoms with Crippen LogP contribution in [-0.4, -0.2) is 38.2 Å². The van der Waals surface area contributed by atoms with Crippen LogP contribution in [0.4, 0.5) is 22.0 Å². The fourth-order valence-corrected chi connectivity index (χ4v) is 6.43. The van der Waals surface area contributed by atoms with E-state index in [1.54, 1.807) is 6.92 Å². The van der Waals surface area contributed by atoms with Crippen molar-refractivity contribution in [2.75, 3.05) is 0 Å². The zero-order valence-corrected chi connectivity index (χ0v) is 22.0. The van der Waals surface area contributed by atoms with Gasteiger partial charge in [-0.15, -0.1) is 8.78 Å². The number of hydrogen-bond acceptors (Lipinski definition) is 7. The predicted octanol–water partition coefficient (Wildman–Crippen LogP) is 6.00. The summed E-state index contributed by atoms with van der Waals surface area (Å²) in [7, 11) is 0. The molecule has 1 unspecified atom stereocenters. The number of rotatable bonds is 7. The molecule has 1 aromatic carbocycles. The quantitative estimate of drug-likeness (QED) is 0.333. The number of ether oxygens (including phenoxy) is 4. The lowest BCUT2D eigenvalue weighted by molar-refractivity contribution is -0.286. The van der Waals surface area contributed by atoms with Gasteiger partial charge < -0.3 is 24.1 Å². The fraction of sp³-hybridized carbons (Fsp3) is 0.464. The maximum absolute atomic E-state index is 14.1. The van der Waals surface area contributed by atoms with Gasteiger partial charge in [-0.25, -0.2) is 9.67 Å². The second kappa shape index (κ2) is 9.03. The molecule has 14 heteroatoms. The van der Waals surface area contributed by atoms with Crippen molar-refractivity contribution in [1.82, 2.24) is 14.8 Å². The number of carboxylic acids is 1. The van der Waals surface area contributed by atoms with E-state index in [-0.39, 0.29) is 46.7 Å². The van der Waals surface area contributed by atoms with E-state index in [2.05, 4.69) is 19.6 Å². The summed E-state index contributed by atoms with van der Waals surface area (Å²) < 4.78 is 91.4. The van der Waals surface area contributed by atoms with Crippen LogP contribution in [-0.2, 0) is 22.1 Å². The van der Waals surface area contributed by atoms with Gasteiger partial charge in [-0.1, -0.05) is 6.07 Å². The summed E-state index contributed by atoms with van der Waals surface area (Å²) in [5.41, 5.74) is -1.01. The molecule has 4 aliphatic carbocycles. The Morgan fingerprint density at radius 3 is 2.62 bits per heavy atom. The van der Waals surface area contributed by atoms with E-state index < -0.39 is 47.9 Å². The molecule has 3 atom stereocenters. The zero-order valence-electron chi connectivity index (χ0n) is 22.0. The summed E-state index contributed by atoms with van der Waals surface area (Å²) in [6, 6.07) is 7.11. The number of benzene rings is 1. The molecule has 3 saturated carbocycles. The topological polar surface area (TPSA) is 105 Å². The van der Waals surface area contributed by atoms with Gasteiger partial charge in [0, 0.05) is 17.8 Å². The van der Waals surface area contributed by atoms with Gasteiger partial charge in [-0.3, -0.25) is 4.79 Å². The highest BCUT2D eigenvalue weighted by Gasteiger charge is 2.71. The SMILES string of the molecule is C[C@H](Oc1cc(-n2nc(C(F)(F)F)c3c2[C@@H](OC2C4CC2(C(=O)O)C4)CCC3)ccn1)c1ccc2c(c1)OC(F)(F)O2. The van der Waals surface area contributed by atoms with E-state index in [1.165, 1.54) is 41.2 Å². The molecule has 5 aliphatic rings. The molecule has 1 aliphatic heterocycles. The summed E-state index contributed by atoms with van der Waals surface area (Å²) in [5.74, 6) is -1.09. The third-order valence-electron chi connectivity index (χ3n) is 8.61. The van der Waals surface area contributed by atoms with Crippen LogP contribution in [0, 0.1) is 11.3 Å². The second-order valence-corrected chi connectivity index (χ2v) is 11.2. The number of pyridine rings is 1. The van der Waals surface area contributed by atoms with E-state index in [0.29, 0.717) is 31.2 Å². The van der Waals surface area contributed by atoms with Crippen molar-refractivity contribution in [3.63, 3.8) is 0 Å². The molecule has 42 heavy (non-hydrogen) atoms. The van der Waals surface area contributed by atoms with E-state index in [4.69, 9.17) is 9.47 Å². The number of hydrogen-bond donors (Lipinski definition) is 1. The number of aliphatic carboxylic acids is 1. The molecular weight excluding hydrogens is 569 g/mol. The number of halogens is 5. The molecule has 3 fully saturated rings. The first-order valence-electron chi connectivity index (χ1n) is 13.5. The number of nitrogens with zero attached hydrogens (tertiary/aromatic N) is 3. The minimum Gasteiger partial charge on any atom is -0.481 e. The van der Waals surface area contributed by atoms with Gasteiger partial charge in [0.05, 0.1) is 22.9 Å². The van der Waals surface area contributed by atoms with E-state index in [9.17, 15) is 31.9 Å². The average molecular weight is 594 g/mol. The largest absolute Gasteiger partial charge is 0.586 e. The van der Waals surface area contributed by atoms with Crippen LogP contribution >= 0.6 is 0 Å². The van der Waals surface area contributed by atoms with Crippen molar-refractivity contribution in [3.05, 3.63) is 59.0 Å². The third kappa shape index (κ3) is 4.17. The van der Waals surface area contributed by atoms with Crippen LogP contribution in [0.15, 0.2) is 36.5 Å². The van der Waals surface area contributed by atoms with E-state index >= 15 is 0 Å². The van der Waals surface area contributed by atoms with Crippen LogP contribution in [0.25, 0.3) is 5.69 Å². The molecular formula is C28H24F5N3O6. The molecule has 0 spiro atoms. The highest BCUT2D eigenvalue weighted by molar-refractivity contribution is 5.79. The molecule has 222 valence electrons. The Morgan fingerprint density at radius 2 is 1.93 bits per heavy atom. The number of alkyl halides is 5. The number of aromatic nitrogens is 3. The first kappa shape index (κ1) is 26.9. The summed E-state index contributed by atoms with van der Waals surface area (Å²) in [4.78, 5) is 16.0. The first-order chi connectivity index (χ1) is 19.8. The highest BCUT2D eigenvalue weighted by Crippen LogP contribution is 2.67. The summed E-state index contributed by atoms with van der Waals surface area (Å²) in [6.07, 6.45) is -7.13. The smallest absolute Gasteiger partial charge is 0.481 e. The minimum absolute atomic E-state index is 0.0286. The minimum atomic E-state index is -4.71. The van der Waals surface area contributed by atoms with Crippen molar-refractivity contribution < 1.29 is 50.8 Å². The summed E-state index contributed by atoms with van der Waals surface area (Å²) in [5, 5.41) is 13.7. The second-order valence-electron chi connectivity index (χ2n) is 11.2. The molecule has 0 amide bonds. The zero-order chi connectivity index (χ0) is 29.6. The van der Waals surface area contributed by atoms with Crippen LogP contribution in [0.2, 0.25) is 0 Å². The van der Waals surface area contributed by atoms with Gasteiger partial charge in [0.25, 0.3) is 0 Å². The molecule has 3 heterocycles. The maximum Gasteiger partial charge on any atom is 0.586 e. The highest BCUT2D eigenvalue weighted by atomic mass is 19.4. The average Bonchev–Trinajstić information content (AvgIpc) is 3.42. The van der Waals surface area contributed by atoms with Crippen molar-refractivity contribution in [3.8, 4) is 23.1 Å². The fourth-order valence-electron chi connectivity index (χ4n) is 6.43. The Labute approximate surface area is 235 Å². The number of fused-ring (bicyclic) bond motifs is 2. The Bertz CT molecular complexity index is 1580. The van der Waals surface area contributed by atoms with Crippen molar-refractivity contribution in [1.29, 1.82) is 0 Å². The third-order valence-corrected chi connectivity index (χ3v) is 8.61. The Balaban J connectivity index is 1.19. The van der Waals surface area contributed by atoms with Crippen molar-refractivity contribution in [2.45, 2.75) is 69.8 Å². The Kier molecular flexibility index (Phi) is 5.79. The molecule has 9 nitrogen and oxygen atoms in total. The van der Waals surface area contributed by atoms with Crippen LogP contribution < -0.4 is 14.2 Å². The van der Waals surface area contributed by atoms with Gasteiger partial charge in [0.15, 0.2) is 17.2 Å². The Hall–Kier alpha value is -3.94. The lowest BCUT2D eigenvalue weighted by Gasteiger charge is -2.65. The van der Waals surface area contributed by atoms with Gasteiger partial charge in [-0.05, 0) is 68.7 Å². The lowest BCUT2D eigenvalue weighted by atomic mass is 9.42. The van der Waals surface area contributed by atoms with Crippen molar-refractivity contribution >= 4 is 5.97 Å². The van der Waals surface area contributed by atoms with E-state index in [1.807, 2.05) is 0 Å². The number of carboxylic acid groups (broad SMARTS) is 1. The monoisotopic (exact) mass is 593 g/mol. The van der Waals surface area contributed by atoms with Gasteiger partial charge in [-0.2, -0.15) is 18.3 Å². The molecule has 2 bridgehead atoms. The predicted molar refractivity (Wildman–Crippen MR) is 131 cm³/mol. The standard InChI is InChI=1S/C28H24F5N3O6/c1-13(14-5-6-18-20(9-14)42-28(32,33)41-18)39-21-10-16(7-8-34-21)36-22-17(23(35-36)27(29,30)31)3-2-4-19(22)40-24-15-11-26(24,12-15)25(37)38/h5-10,13,15,19,24H,2-4,11-12H2,1H3,(H,37,38)/t13-,15?,19-,24?,26?/m0/s1. The van der Waals surface area contributed by atoms with Crippen LogP contribution in [0.5, 0.6) is 17.4 Å². The molecule has 0 radical (unpaired) electrons.